The van der Waals surface area contributed by atoms with Crippen molar-refractivity contribution in [1.82, 2.24) is 4.98 Å². The van der Waals surface area contributed by atoms with Crippen molar-refractivity contribution >= 4 is 17.1 Å². The summed E-state index contributed by atoms with van der Waals surface area (Å²) < 4.78 is 0. The lowest BCUT2D eigenvalue weighted by Crippen LogP contribution is -2.09. The van der Waals surface area contributed by atoms with Crippen molar-refractivity contribution in [3.8, 4) is 23.4 Å². The van der Waals surface area contributed by atoms with Crippen molar-refractivity contribution in [2.75, 3.05) is 0 Å². The minimum atomic E-state index is -0.776. The van der Waals surface area contributed by atoms with Crippen LogP contribution in [0.5, 0.6) is 0 Å². The molecule has 2 aromatic rings. The number of Topliss-reactive ketones (excluding diaryl/α,β-unsaturated/α-hetero) is 1. The van der Waals surface area contributed by atoms with Crippen LogP contribution in [0.3, 0.4) is 0 Å². The number of carbonyl (C=O) groups excluding carboxylic acids is 1. The lowest BCUT2D eigenvalue weighted by Gasteiger charge is -2.03. The molecule has 0 radical (unpaired) electrons. The highest BCUT2D eigenvalue weighted by atomic mass is 32.1. The number of ketones is 1. The second-order valence-corrected chi connectivity index (χ2v) is 5.43. The fraction of sp³-hybridized carbons (Fsp3) is 0.250. The van der Waals surface area contributed by atoms with Crippen LogP contribution >= 0.6 is 11.3 Å². The normalized spacial score (nSPS) is 11.4. The number of carbonyl (C=O) groups is 1. The molecule has 0 saturated carbocycles. The van der Waals surface area contributed by atoms with Gasteiger partial charge in [0.1, 0.15) is 5.01 Å². The van der Waals surface area contributed by atoms with E-state index in [1.54, 1.807) is 12.1 Å². The van der Waals surface area contributed by atoms with Gasteiger partial charge in [0.25, 0.3) is 0 Å². The molecule has 21 heavy (non-hydrogen) atoms. The Morgan fingerprint density at radius 3 is 2.62 bits per heavy atom. The molecule has 0 N–H and O–H groups in total. The molecule has 4 nitrogen and oxygen atoms in total. The van der Waals surface area contributed by atoms with E-state index in [9.17, 15) is 10.1 Å². The summed E-state index contributed by atoms with van der Waals surface area (Å²) >= 11 is 1.32. The summed E-state index contributed by atoms with van der Waals surface area (Å²) in [4.78, 5) is 16.3. The van der Waals surface area contributed by atoms with Gasteiger partial charge in [0, 0.05) is 17.4 Å². The summed E-state index contributed by atoms with van der Waals surface area (Å²) in [6.45, 7) is 1.91. The number of nitrogens with zero attached hydrogens (tertiary/aromatic N) is 3. The molecule has 104 valence electrons. The molecular weight excluding hydrogens is 282 g/mol. The molecule has 0 aliphatic heterocycles. The highest BCUT2D eigenvalue weighted by Crippen LogP contribution is 2.27. The SMILES string of the molecule is CCCC(=O)[C@H](C#N)c1nc(-c2ccc(C#N)cc2)cs1. The minimum Gasteiger partial charge on any atom is -0.298 e. The van der Waals surface area contributed by atoms with Crippen LogP contribution in [0, 0.1) is 22.7 Å². The third kappa shape index (κ3) is 3.34. The molecule has 0 amide bonds. The van der Waals surface area contributed by atoms with Crippen LogP contribution in [-0.2, 0) is 4.79 Å². The van der Waals surface area contributed by atoms with E-state index in [1.165, 1.54) is 11.3 Å². The van der Waals surface area contributed by atoms with E-state index >= 15 is 0 Å². The van der Waals surface area contributed by atoms with Gasteiger partial charge in [-0.3, -0.25) is 4.79 Å². The predicted octanol–water partition coefficient (Wildman–Crippen LogP) is 3.66. The predicted molar refractivity (Wildman–Crippen MR) is 80.5 cm³/mol. The van der Waals surface area contributed by atoms with Gasteiger partial charge in [0.15, 0.2) is 11.7 Å². The number of aromatic nitrogens is 1. The average molecular weight is 295 g/mol. The van der Waals surface area contributed by atoms with Crippen molar-refractivity contribution in [2.45, 2.75) is 25.7 Å². The maximum atomic E-state index is 11.9. The van der Waals surface area contributed by atoms with Gasteiger partial charge < -0.3 is 0 Å². The topological polar surface area (TPSA) is 77.5 Å². The van der Waals surface area contributed by atoms with Crippen molar-refractivity contribution in [1.29, 1.82) is 10.5 Å². The highest BCUT2D eigenvalue weighted by Gasteiger charge is 2.22. The Hall–Kier alpha value is -2.50. The molecule has 0 aliphatic carbocycles. The quantitative estimate of drug-likeness (QED) is 0.843. The molecule has 1 heterocycles. The highest BCUT2D eigenvalue weighted by molar-refractivity contribution is 7.10. The zero-order chi connectivity index (χ0) is 15.2. The summed E-state index contributed by atoms with van der Waals surface area (Å²) in [6, 6.07) is 11.2. The fourth-order valence-corrected chi connectivity index (χ4v) is 2.82. The molecule has 0 aliphatic rings. The molecule has 1 atom stereocenters. The van der Waals surface area contributed by atoms with E-state index in [2.05, 4.69) is 11.1 Å². The molecule has 0 bridgehead atoms. The first-order chi connectivity index (χ1) is 10.2. The Kier molecular flexibility index (Phi) is 4.81. The Balaban J connectivity index is 2.26. The Bertz CT molecular complexity index is 719. The lowest BCUT2D eigenvalue weighted by atomic mass is 10.0. The van der Waals surface area contributed by atoms with Gasteiger partial charge in [0.05, 0.1) is 23.4 Å². The van der Waals surface area contributed by atoms with E-state index in [1.807, 2.05) is 30.5 Å². The average Bonchev–Trinajstić information content (AvgIpc) is 2.98. The van der Waals surface area contributed by atoms with Gasteiger partial charge in [0.2, 0.25) is 0 Å². The molecule has 0 saturated heterocycles. The maximum Gasteiger partial charge on any atom is 0.156 e. The first kappa shape index (κ1) is 14.9. The lowest BCUT2D eigenvalue weighted by molar-refractivity contribution is -0.119. The monoisotopic (exact) mass is 295 g/mol. The van der Waals surface area contributed by atoms with Crippen LogP contribution in [-0.4, -0.2) is 10.8 Å². The Morgan fingerprint density at radius 2 is 2.05 bits per heavy atom. The van der Waals surface area contributed by atoms with Crippen molar-refractivity contribution in [3.63, 3.8) is 0 Å². The smallest absolute Gasteiger partial charge is 0.156 e. The molecule has 1 aromatic heterocycles. The summed E-state index contributed by atoms with van der Waals surface area (Å²) in [6.07, 6.45) is 1.12. The standard InChI is InChI=1S/C16H13N3OS/c1-2-3-15(20)13(9-18)16-19-14(10-21-16)12-6-4-11(8-17)5-7-12/h4-7,10,13H,2-3H2,1H3/t13-/m0/s1. The Labute approximate surface area is 127 Å². The number of hydrogen-bond donors (Lipinski definition) is 0. The molecule has 2 rings (SSSR count). The van der Waals surface area contributed by atoms with Crippen LogP contribution < -0.4 is 0 Å². The van der Waals surface area contributed by atoms with E-state index in [0.29, 0.717) is 17.0 Å². The Morgan fingerprint density at radius 1 is 1.33 bits per heavy atom. The second-order valence-electron chi connectivity index (χ2n) is 4.54. The van der Waals surface area contributed by atoms with Crippen molar-refractivity contribution in [2.24, 2.45) is 0 Å². The summed E-state index contributed by atoms with van der Waals surface area (Å²) in [7, 11) is 0. The van der Waals surface area contributed by atoms with Gasteiger partial charge in [-0.25, -0.2) is 4.98 Å². The third-order valence-corrected chi connectivity index (χ3v) is 3.94. The molecular formula is C16H13N3OS. The summed E-state index contributed by atoms with van der Waals surface area (Å²) in [5.74, 6) is -0.859. The van der Waals surface area contributed by atoms with Crippen LogP contribution in [0.2, 0.25) is 0 Å². The van der Waals surface area contributed by atoms with E-state index in [-0.39, 0.29) is 5.78 Å². The van der Waals surface area contributed by atoms with E-state index in [0.717, 1.165) is 17.7 Å². The van der Waals surface area contributed by atoms with Crippen molar-refractivity contribution < 1.29 is 4.79 Å². The number of nitriles is 2. The second kappa shape index (κ2) is 6.78. The summed E-state index contributed by atoms with van der Waals surface area (Å²) in [5, 5.41) is 20.3. The van der Waals surface area contributed by atoms with Crippen molar-refractivity contribution in [3.05, 3.63) is 40.2 Å². The minimum absolute atomic E-state index is 0.0827. The molecule has 0 unspecified atom stereocenters. The van der Waals surface area contributed by atoms with Crippen LogP contribution in [0.1, 0.15) is 36.3 Å². The molecule has 0 fully saturated rings. The summed E-state index contributed by atoms with van der Waals surface area (Å²) in [5.41, 5.74) is 2.18. The molecule has 0 spiro atoms. The largest absolute Gasteiger partial charge is 0.298 e. The zero-order valence-corrected chi connectivity index (χ0v) is 12.4. The third-order valence-electron chi connectivity index (χ3n) is 3.03. The maximum absolute atomic E-state index is 11.9. The van der Waals surface area contributed by atoms with Gasteiger partial charge >= 0.3 is 0 Å². The number of thiazole rings is 1. The number of rotatable bonds is 5. The first-order valence-electron chi connectivity index (χ1n) is 6.58. The van der Waals surface area contributed by atoms with Gasteiger partial charge in [-0.05, 0) is 18.6 Å². The van der Waals surface area contributed by atoms with E-state index in [4.69, 9.17) is 5.26 Å². The van der Waals surface area contributed by atoms with Crippen LogP contribution in [0.4, 0.5) is 0 Å². The van der Waals surface area contributed by atoms with Gasteiger partial charge in [-0.15, -0.1) is 11.3 Å². The van der Waals surface area contributed by atoms with Gasteiger partial charge in [-0.2, -0.15) is 10.5 Å². The fourth-order valence-electron chi connectivity index (χ4n) is 1.92. The van der Waals surface area contributed by atoms with Gasteiger partial charge in [-0.1, -0.05) is 19.1 Å². The first-order valence-corrected chi connectivity index (χ1v) is 7.45. The van der Waals surface area contributed by atoms with E-state index < -0.39 is 5.92 Å². The zero-order valence-electron chi connectivity index (χ0n) is 11.5. The number of benzene rings is 1. The van der Waals surface area contributed by atoms with Crippen LogP contribution in [0.25, 0.3) is 11.3 Å². The molecule has 5 heteroatoms. The molecule has 1 aromatic carbocycles. The number of hydrogen-bond acceptors (Lipinski definition) is 5. The van der Waals surface area contributed by atoms with Crippen LogP contribution in [0.15, 0.2) is 29.6 Å².